The van der Waals surface area contributed by atoms with Crippen molar-refractivity contribution < 1.29 is 0 Å². The van der Waals surface area contributed by atoms with Gasteiger partial charge in [0.25, 0.3) is 0 Å². The Morgan fingerprint density at radius 1 is 1.27 bits per heavy atom. The summed E-state index contributed by atoms with van der Waals surface area (Å²) in [4.78, 5) is 11.8. The average Bonchev–Trinajstić information content (AvgIpc) is 3.11. The molecule has 0 bridgehead atoms. The molecular weight excluding hydrogens is 278 g/mol. The lowest BCUT2D eigenvalue weighted by Crippen LogP contribution is -2.26. The maximum Gasteiger partial charge on any atom is 0.343 e. The minimum absolute atomic E-state index is 0.00768. The summed E-state index contributed by atoms with van der Waals surface area (Å²) in [5.41, 5.74) is 2.93. The molecule has 6 heteroatoms. The summed E-state index contributed by atoms with van der Waals surface area (Å²) >= 11 is 0. The fourth-order valence-electron chi connectivity index (χ4n) is 2.83. The van der Waals surface area contributed by atoms with Crippen molar-refractivity contribution in [2.75, 3.05) is 0 Å². The van der Waals surface area contributed by atoms with Gasteiger partial charge in [0.05, 0.1) is 24.0 Å². The Morgan fingerprint density at radius 3 is 2.91 bits per heavy atom. The van der Waals surface area contributed by atoms with Gasteiger partial charge < -0.3 is 0 Å². The number of hydrogen-bond donors (Lipinski definition) is 1. The maximum absolute atomic E-state index is 11.8. The zero-order chi connectivity index (χ0) is 15.1. The summed E-state index contributed by atoms with van der Waals surface area (Å²) in [6.45, 7) is 2.51. The molecule has 0 radical (unpaired) electrons. The van der Waals surface area contributed by atoms with Crippen LogP contribution in [0.5, 0.6) is 0 Å². The van der Waals surface area contributed by atoms with Crippen LogP contribution in [0.1, 0.15) is 17.6 Å². The minimum atomic E-state index is -0.186. The topological polar surface area (TPSA) is 68.5 Å². The first kappa shape index (κ1) is 12.8. The molecule has 0 saturated heterocycles. The van der Waals surface area contributed by atoms with E-state index in [2.05, 4.69) is 33.5 Å². The molecule has 0 amide bonds. The predicted molar refractivity (Wildman–Crippen MR) is 83.3 cm³/mol. The van der Waals surface area contributed by atoms with Crippen molar-refractivity contribution in [3.05, 3.63) is 64.5 Å². The van der Waals surface area contributed by atoms with Crippen molar-refractivity contribution in [2.24, 2.45) is 0 Å². The molecule has 0 saturated carbocycles. The smallest absolute Gasteiger partial charge is 0.273 e. The molecule has 1 aliphatic rings. The number of rotatable bonds is 2. The Bertz CT molecular complexity index is 900. The Hall–Kier alpha value is -2.89. The van der Waals surface area contributed by atoms with Gasteiger partial charge in [-0.2, -0.15) is 10.2 Å². The molecule has 1 unspecified atom stereocenters. The van der Waals surface area contributed by atoms with Crippen LogP contribution < -0.4 is 5.69 Å². The molecule has 2 aromatic heterocycles. The molecule has 3 heterocycles. The van der Waals surface area contributed by atoms with E-state index in [0.717, 1.165) is 17.0 Å². The number of allylic oxidation sites excluding steroid dienone is 1. The van der Waals surface area contributed by atoms with Crippen LogP contribution in [0.25, 0.3) is 17.3 Å². The van der Waals surface area contributed by atoms with Crippen LogP contribution in [0.2, 0.25) is 0 Å². The maximum atomic E-state index is 11.8. The van der Waals surface area contributed by atoms with E-state index in [1.54, 1.807) is 4.57 Å². The van der Waals surface area contributed by atoms with Gasteiger partial charge in [0, 0.05) is 0 Å². The molecule has 1 aliphatic heterocycles. The zero-order valence-corrected chi connectivity index (χ0v) is 12.1. The van der Waals surface area contributed by atoms with Crippen molar-refractivity contribution in [2.45, 2.75) is 19.5 Å². The summed E-state index contributed by atoms with van der Waals surface area (Å²) in [7, 11) is 0. The third-order valence-corrected chi connectivity index (χ3v) is 3.87. The van der Waals surface area contributed by atoms with Gasteiger partial charge in [-0.15, -0.1) is 0 Å². The van der Waals surface area contributed by atoms with E-state index in [4.69, 9.17) is 0 Å². The number of nitrogens with one attached hydrogen (secondary N) is 1. The molecule has 1 atom stereocenters. The average molecular weight is 293 g/mol. The van der Waals surface area contributed by atoms with E-state index >= 15 is 0 Å². The molecule has 1 N–H and O–H groups in total. The number of aryl methyl sites for hydroxylation is 1. The van der Waals surface area contributed by atoms with E-state index in [1.807, 2.05) is 42.0 Å². The van der Waals surface area contributed by atoms with Gasteiger partial charge >= 0.3 is 5.69 Å². The highest BCUT2D eigenvalue weighted by molar-refractivity contribution is 5.60. The molecule has 4 rings (SSSR count). The van der Waals surface area contributed by atoms with Crippen LogP contribution in [-0.2, 0) is 6.54 Å². The Morgan fingerprint density at radius 2 is 2.09 bits per heavy atom. The molecule has 6 nitrogen and oxygen atoms in total. The first-order chi connectivity index (χ1) is 10.7. The number of hydrogen-bond acceptors (Lipinski definition) is 3. The molecule has 0 aliphatic carbocycles. The Balaban J connectivity index is 1.79. The summed E-state index contributed by atoms with van der Waals surface area (Å²) in [5, 5.41) is 11.1. The van der Waals surface area contributed by atoms with Gasteiger partial charge in [-0.3, -0.25) is 9.25 Å². The van der Waals surface area contributed by atoms with Crippen LogP contribution in [0, 0.1) is 6.92 Å². The van der Waals surface area contributed by atoms with E-state index < -0.39 is 0 Å². The first-order valence-electron chi connectivity index (χ1n) is 7.17. The van der Waals surface area contributed by atoms with Crippen molar-refractivity contribution >= 4 is 6.08 Å². The van der Waals surface area contributed by atoms with Crippen molar-refractivity contribution in [3.63, 3.8) is 0 Å². The number of aromatic amines is 1. The minimum Gasteiger partial charge on any atom is -0.273 e. The molecular formula is C16H15N5O. The molecule has 22 heavy (non-hydrogen) atoms. The van der Waals surface area contributed by atoms with Crippen LogP contribution in [0.4, 0.5) is 0 Å². The van der Waals surface area contributed by atoms with Gasteiger partial charge in [0.1, 0.15) is 0 Å². The molecule has 110 valence electrons. The van der Waals surface area contributed by atoms with E-state index in [-0.39, 0.29) is 11.7 Å². The number of benzene rings is 1. The van der Waals surface area contributed by atoms with Crippen LogP contribution in [0.3, 0.4) is 0 Å². The first-order valence-corrected chi connectivity index (χ1v) is 7.17. The van der Waals surface area contributed by atoms with Gasteiger partial charge in [-0.25, -0.2) is 9.89 Å². The zero-order valence-electron chi connectivity index (χ0n) is 12.1. The van der Waals surface area contributed by atoms with Crippen LogP contribution >= 0.6 is 0 Å². The third-order valence-electron chi connectivity index (χ3n) is 3.87. The number of nitrogens with zero attached hydrogens (tertiary/aromatic N) is 4. The number of H-pyrrole nitrogens is 1. The van der Waals surface area contributed by atoms with Crippen molar-refractivity contribution in [1.82, 2.24) is 24.5 Å². The van der Waals surface area contributed by atoms with Gasteiger partial charge in [-0.05, 0) is 24.6 Å². The monoisotopic (exact) mass is 293 g/mol. The van der Waals surface area contributed by atoms with Crippen molar-refractivity contribution in [1.29, 1.82) is 0 Å². The van der Waals surface area contributed by atoms with E-state index in [9.17, 15) is 4.79 Å². The van der Waals surface area contributed by atoms with Gasteiger partial charge in [0.15, 0.2) is 5.82 Å². The lowest BCUT2D eigenvalue weighted by atomic mass is 10.1. The van der Waals surface area contributed by atoms with Crippen LogP contribution in [0.15, 0.2) is 47.3 Å². The highest BCUT2D eigenvalue weighted by Gasteiger charge is 2.21. The van der Waals surface area contributed by atoms with E-state index in [0.29, 0.717) is 12.4 Å². The summed E-state index contributed by atoms with van der Waals surface area (Å²) in [6.07, 6.45) is 3.90. The third kappa shape index (κ3) is 2.00. The largest absolute Gasteiger partial charge is 0.343 e. The van der Waals surface area contributed by atoms with Crippen LogP contribution in [-0.4, -0.2) is 24.5 Å². The molecule has 3 aromatic rings. The van der Waals surface area contributed by atoms with Gasteiger partial charge in [0.2, 0.25) is 0 Å². The summed E-state index contributed by atoms with van der Waals surface area (Å²) in [5.74, 6) is 0.659. The lowest BCUT2D eigenvalue weighted by Gasteiger charge is -2.20. The SMILES string of the molecule is Cc1cc(-c2ccccc2)n(C2C=Cc3n[nH]c(=O)n3C2)n1. The predicted octanol–water partition coefficient (Wildman–Crippen LogP) is 2.01. The fourth-order valence-corrected chi connectivity index (χ4v) is 2.83. The quantitative estimate of drug-likeness (QED) is 0.786. The highest BCUT2D eigenvalue weighted by Crippen LogP contribution is 2.26. The highest BCUT2D eigenvalue weighted by atomic mass is 16.1. The summed E-state index contributed by atoms with van der Waals surface area (Å²) < 4.78 is 3.61. The fraction of sp³-hybridized carbons (Fsp3) is 0.188. The molecule has 0 spiro atoms. The van der Waals surface area contributed by atoms with E-state index in [1.165, 1.54) is 0 Å². The number of fused-ring (bicyclic) bond motifs is 1. The lowest BCUT2D eigenvalue weighted by molar-refractivity contribution is 0.453. The van der Waals surface area contributed by atoms with Gasteiger partial charge in [-0.1, -0.05) is 36.4 Å². The Kier molecular flexibility index (Phi) is 2.82. The molecule has 0 fully saturated rings. The normalized spacial score (nSPS) is 16.7. The summed E-state index contributed by atoms with van der Waals surface area (Å²) in [6, 6.07) is 12.2. The second kappa shape index (κ2) is 4.84. The van der Waals surface area contributed by atoms with Crippen molar-refractivity contribution in [3.8, 4) is 11.3 Å². The Labute approximate surface area is 126 Å². The number of aromatic nitrogens is 5. The second-order valence-corrected chi connectivity index (χ2v) is 5.41. The standard InChI is InChI=1S/C16H15N5O/c1-11-9-14(12-5-3-2-4-6-12)21(19-11)13-7-8-15-17-18-16(22)20(15)10-13/h2-9,13H,10H2,1H3,(H,18,22). The molecule has 1 aromatic carbocycles. The second-order valence-electron chi connectivity index (χ2n) is 5.41.